The smallest absolute Gasteiger partial charge is 0.129 e. The molecule has 3 nitrogen and oxygen atoms in total. The first-order chi connectivity index (χ1) is 7.75. The molecule has 2 atom stereocenters. The van der Waals surface area contributed by atoms with E-state index in [9.17, 15) is 4.21 Å². The van der Waals surface area contributed by atoms with Gasteiger partial charge in [0.1, 0.15) is 5.15 Å². The zero-order valence-corrected chi connectivity index (χ0v) is 10.6. The van der Waals surface area contributed by atoms with E-state index in [1.54, 1.807) is 12.3 Å². The van der Waals surface area contributed by atoms with Gasteiger partial charge in [0.05, 0.1) is 5.75 Å². The quantitative estimate of drug-likeness (QED) is 0.840. The first-order valence-electron chi connectivity index (χ1n) is 5.44. The normalized spacial score (nSPS) is 22.9. The minimum atomic E-state index is -0.810. The van der Waals surface area contributed by atoms with E-state index in [-0.39, 0.29) is 5.25 Å². The van der Waals surface area contributed by atoms with Gasteiger partial charge in [-0.05, 0) is 31.0 Å². The Morgan fingerprint density at radius 2 is 2.44 bits per heavy atom. The number of aromatic nitrogens is 1. The molecule has 1 aromatic heterocycles. The van der Waals surface area contributed by atoms with Gasteiger partial charge in [-0.1, -0.05) is 17.7 Å². The minimum absolute atomic E-state index is 0.282. The maximum absolute atomic E-state index is 12.1. The van der Waals surface area contributed by atoms with Gasteiger partial charge in [0.15, 0.2) is 0 Å². The van der Waals surface area contributed by atoms with Crippen molar-refractivity contribution in [1.29, 1.82) is 0 Å². The van der Waals surface area contributed by atoms with Crippen LogP contribution in [0.1, 0.15) is 18.4 Å². The number of hydrogen-bond acceptors (Lipinski definition) is 3. The molecule has 0 unspecified atom stereocenters. The molecule has 88 valence electrons. The lowest BCUT2D eigenvalue weighted by Crippen LogP contribution is -2.36. The largest absolute Gasteiger partial charge is 0.316 e. The Kier molecular flexibility index (Phi) is 4.32. The Labute approximate surface area is 103 Å². The van der Waals surface area contributed by atoms with Gasteiger partial charge in [0.25, 0.3) is 0 Å². The SMILES string of the molecule is O=[S@@](Cc1ccc(Cl)nc1)[C@H]1CCCNC1. The molecule has 1 aromatic rings. The molecule has 0 bridgehead atoms. The molecule has 1 saturated heterocycles. The molecular formula is C11H15ClN2OS. The third kappa shape index (κ3) is 3.27. The second kappa shape index (κ2) is 5.75. The summed E-state index contributed by atoms with van der Waals surface area (Å²) in [5, 5.41) is 4.04. The van der Waals surface area contributed by atoms with E-state index in [0.29, 0.717) is 10.9 Å². The molecule has 1 aliphatic rings. The van der Waals surface area contributed by atoms with E-state index in [4.69, 9.17) is 11.6 Å². The number of rotatable bonds is 3. The van der Waals surface area contributed by atoms with Crippen molar-refractivity contribution >= 4 is 22.4 Å². The fourth-order valence-corrected chi connectivity index (χ4v) is 3.40. The summed E-state index contributed by atoms with van der Waals surface area (Å²) in [5.74, 6) is 0.580. The van der Waals surface area contributed by atoms with Crippen LogP contribution in [0.25, 0.3) is 0 Å². The van der Waals surface area contributed by atoms with E-state index < -0.39 is 10.8 Å². The average Bonchev–Trinajstić information content (AvgIpc) is 2.33. The highest BCUT2D eigenvalue weighted by atomic mass is 35.5. The summed E-state index contributed by atoms with van der Waals surface area (Å²) in [6.07, 6.45) is 3.88. The summed E-state index contributed by atoms with van der Waals surface area (Å²) in [5.41, 5.74) is 0.994. The van der Waals surface area contributed by atoms with Crippen molar-refractivity contribution < 1.29 is 4.21 Å². The minimum Gasteiger partial charge on any atom is -0.316 e. The Balaban J connectivity index is 1.93. The van der Waals surface area contributed by atoms with Crippen LogP contribution in [0.2, 0.25) is 5.15 Å². The zero-order chi connectivity index (χ0) is 11.4. The molecule has 2 heterocycles. The molecule has 0 aromatic carbocycles. The molecule has 1 aliphatic heterocycles. The summed E-state index contributed by atoms with van der Waals surface area (Å²) in [7, 11) is -0.810. The van der Waals surface area contributed by atoms with Crippen molar-refractivity contribution in [2.45, 2.75) is 23.8 Å². The Morgan fingerprint density at radius 1 is 1.56 bits per heavy atom. The summed E-state index contributed by atoms with van der Waals surface area (Å²) in [4.78, 5) is 3.99. The Bertz CT molecular complexity index is 363. The molecule has 0 aliphatic carbocycles. The molecule has 0 radical (unpaired) electrons. The van der Waals surface area contributed by atoms with Crippen LogP contribution in [0.3, 0.4) is 0 Å². The van der Waals surface area contributed by atoms with Gasteiger partial charge in [0.2, 0.25) is 0 Å². The van der Waals surface area contributed by atoms with Crippen LogP contribution >= 0.6 is 11.6 Å². The number of hydrogen-bond donors (Lipinski definition) is 1. The highest BCUT2D eigenvalue weighted by molar-refractivity contribution is 7.84. The van der Waals surface area contributed by atoms with Crippen molar-refractivity contribution in [3.8, 4) is 0 Å². The van der Waals surface area contributed by atoms with E-state index in [0.717, 1.165) is 31.5 Å². The molecule has 2 rings (SSSR count). The van der Waals surface area contributed by atoms with Crippen LogP contribution in [0.4, 0.5) is 0 Å². The van der Waals surface area contributed by atoms with Crippen LogP contribution in [0.15, 0.2) is 18.3 Å². The highest BCUT2D eigenvalue weighted by Crippen LogP contribution is 2.14. The van der Waals surface area contributed by atoms with E-state index in [1.807, 2.05) is 6.07 Å². The summed E-state index contributed by atoms with van der Waals surface area (Å²) < 4.78 is 12.1. The molecule has 1 fully saturated rings. The predicted octanol–water partition coefficient (Wildman–Crippen LogP) is 1.74. The van der Waals surface area contributed by atoms with Crippen LogP contribution in [-0.4, -0.2) is 27.5 Å². The van der Waals surface area contributed by atoms with Crippen molar-refractivity contribution in [2.75, 3.05) is 13.1 Å². The van der Waals surface area contributed by atoms with Gasteiger partial charge in [0, 0.05) is 28.8 Å². The average molecular weight is 259 g/mol. The second-order valence-electron chi connectivity index (χ2n) is 3.98. The van der Waals surface area contributed by atoms with Gasteiger partial charge in [-0.2, -0.15) is 0 Å². The van der Waals surface area contributed by atoms with Gasteiger partial charge >= 0.3 is 0 Å². The highest BCUT2D eigenvalue weighted by Gasteiger charge is 2.19. The van der Waals surface area contributed by atoms with E-state index >= 15 is 0 Å². The lowest BCUT2D eigenvalue weighted by molar-refractivity contribution is 0.519. The van der Waals surface area contributed by atoms with Crippen molar-refractivity contribution in [1.82, 2.24) is 10.3 Å². The number of halogens is 1. The fourth-order valence-electron chi connectivity index (χ4n) is 1.82. The summed E-state index contributed by atoms with van der Waals surface area (Å²) in [6, 6.07) is 3.64. The van der Waals surface area contributed by atoms with Gasteiger partial charge < -0.3 is 5.32 Å². The van der Waals surface area contributed by atoms with Gasteiger partial charge in [-0.25, -0.2) is 4.98 Å². The molecule has 16 heavy (non-hydrogen) atoms. The number of piperidine rings is 1. The fraction of sp³-hybridized carbons (Fsp3) is 0.545. The molecule has 0 spiro atoms. The summed E-state index contributed by atoms with van der Waals surface area (Å²) in [6.45, 7) is 1.92. The maximum Gasteiger partial charge on any atom is 0.129 e. The second-order valence-corrected chi connectivity index (χ2v) is 6.09. The molecular weight excluding hydrogens is 244 g/mol. The van der Waals surface area contributed by atoms with Crippen molar-refractivity contribution in [3.63, 3.8) is 0 Å². The lowest BCUT2D eigenvalue weighted by Gasteiger charge is -2.21. The molecule has 0 amide bonds. The first-order valence-corrected chi connectivity index (χ1v) is 7.20. The number of pyridine rings is 1. The van der Waals surface area contributed by atoms with Crippen LogP contribution in [0, 0.1) is 0 Å². The van der Waals surface area contributed by atoms with Crippen LogP contribution in [0.5, 0.6) is 0 Å². The maximum atomic E-state index is 12.1. The molecule has 1 N–H and O–H groups in total. The third-order valence-electron chi connectivity index (χ3n) is 2.72. The van der Waals surface area contributed by atoms with Gasteiger partial charge in [-0.3, -0.25) is 4.21 Å². The number of nitrogens with zero attached hydrogens (tertiary/aromatic N) is 1. The summed E-state index contributed by atoms with van der Waals surface area (Å²) >= 11 is 5.70. The standard InChI is InChI=1S/C11H15ClN2OS/c12-11-4-3-9(6-14-11)8-16(15)10-2-1-5-13-7-10/h3-4,6,10,13H,1-2,5,7-8H2/t10-,16-/m0/s1. The molecule has 0 saturated carbocycles. The topological polar surface area (TPSA) is 42.0 Å². The zero-order valence-electron chi connectivity index (χ0n) is 8.99. The first kappa shape index (κ1) is 12.0. The van der Waals surface area contributed by atoms with E-state index in [2.05, 4.69) is 10.3 Å². The Hall–Kier alpha value is -0.450. The molecule has 5 heteroatoms. The number of nitrogens with one attached hydrogen (secondary N) is 1. The van der Waals surface area contributed by atoms with Gasteiger partial charge in [-0.15, -0.1) is 0 Å². The Morgan fingerprint density at radius 3 is 3.06 bits per heavy atom. The van der Waals surface area contributed by atoms with Crippen LogP contribution < -0.4 is 5.32 Å². The van der Waals surface area contributed by atoms with Crippen molar-refractivity contribution in [3.05, 3.63) is 29.0 Å². The lowest BCUT2D eigenvalue weighted by atomic mass is 10.2. The van der Waals surface area contributed by atoms with Crippen LogP contribution in [-0.2, 0) is 16.6 Å². The van der Waals surface area contributed by atoms with E-state index in [1.165, 1.54) is 0 Å². The third-order valence-corrected chi connectivity index (χ3v) is 4.71. The monoisotopic (exact) mass is 258 g/mol. The predicted molar refractivity (Wildman–Crippen MR) is 67.0 cm³/mol. The van der Waals surface area contributed by atoms with Crippen molar-refractivity contribution in [2.24, 2.45) is 0 Å².